The Labute approximate surface area is 185 Å². The van der Waals surface area contributed by atoms with E-state index in [1.54, 1.807) is 18.9 Å². The fraction of sp³-hybridized carbons (Fsp3) is 0.227. The average molecular weight is 431 g/mol. The minimum Gasteiger partial charge on any atom is -0.352 e. The lowest BCUT2D eigenvalue weighted by Gasteiger charge is -2.28. The van der Waals surface area contributed by atoms with Crippen LogP contribution in [0.4, 0.5) is 0 Å². The summed E-state index contributed by atoms with van der Waals surface area (Å²) in [4.78, 5) is 11.1. The quantitative estimate of drug-likeness (QED) is 0.488. The van der Waals surface area contributed by atoms with Gasteiger partial charge in [-0.25, -0.2) is 4.68 Å². The minimum atomic E-state index is -0.0692. The van der Waals surface area contributed by atoms with Crippen molar-refractivity contribution in [2.24, 2.45) is 0 Å². The third kappa shape index (κ3) is 3.46. The third-order valence-electron chi connectivity index (χ3n) is 5.66. The van der Waals surface area contributed by atoms with Gasteiger partial charge in [-0.15, -0.1) is 10.2 Å². The van der Waals surface area contributed by atoms with Gasteiger partial charge in [0.2, 0.25) is 0 Å². The summed E-state index contributed by atoms with van der Waals surface area (Å²) in [5.74, 6) is 0. The van der Waals surface area contributed by atoms with Gasteiger partial charge in [-0.3, -0.25) is 14.6 Å². The fourth-order valence-corrected chi connectivity index (χ4v) is 4.64. The van der Waals surface area contributed by atoms with E-state index in [0.29, 0.717) is 11.7 Å². The van der Waals surface area contributed by atoms with Crippen molar-refractivity contribution in [3.05, 3.63) is 95.9 Å². The van der Waals surface area contributed by atoms with Gasteiger partial charge in [0.05, 0.1) is 17.8 Å². The van der Waals surface area contributed by atoms with Crippen LogP contribution in [0.1, 0.15) is 40.3 Å². The summed E-state index contributed by atoms with van der Waals surface area (Å²) < 4.78 is 3.99. The van der Waals surface area contributed by atoms with Crippen LogP contribution in [-0.4, -0.2) is 39.5 Å². The number of nitrogens with one attached hydrogen (secondary N) is 1. The molecule has 4 aromatic heterocycles. The van der Waals surface area contributed by atoms with Crippen LogP contribution in [0.2, 0.25) is 0 Å². The topological polar surface area (TPSA) is 76.7 Å². The predicted octanol–water partition coefficient (Wildman–Crippen LogP) is 2.97. The smallest absolute Gasteiger partial charge is 0.170 e. The molecule has 0 bridgehead atoms. The van der Waals surface area contributed by atoms with Crippen LogP contribution in [0.25, 0.3) is 0 Å². The van der Waals surface area contributed by atoms with Gasteiger partial charge in [-0.1, -0.05) is 12.1 Å². The van der Waals surface area contributed by atoms with Gasteiger partial charge in [0.15, 0.2) is 5.11 Å². The standard InChI is InChI=1S/C22H22N8S/c1-15-10-18(16(2)30(15)28-13-25-26-14-28)21-20(19-7-3-4-9-24-19)27-22(31)29(21)12-17-6-5-8-23-11-17/h3-11,13-14,20-21H,12H2,1-2H3,(H,27,31)/t20-,21+/m0/s1. The molecule has 0 saturated carbocycles. The zero-order chi connectivity index (χ0) is 21.4. The molecule has 0 unspecified atom stereocenters. The molecule has 2 atom stereocenters. The maximum absolute atomic E-state index is 5.79. The van der Waals surface area contributed by atoms with E-state index < -0.39 is 0 Å². The van der Waals surface area contributed by atoms with E-state index in [-0.39, 0.29) is 12.1 Å². The molecule has 5 rings (SSSR count). The number of hydrogen-bond donors (Lipinski definition) is 1. The maximum atomic E-state index is 5.79. The first-order chi connectivity index (χ1) is 15.1. The number of thiocarbonyl (C=S) groups is 1. The third-order valence-corrected chi connectivity index (χ3v) is 6.02. The van der Waals surface area contributed by atoms with Crippen molar-refractivity contribution in [2.75, 3.05) is 0 Å². The Kier molecular flexibility index (Phi) is 4.95. The highest BCUT2D eigenvalue weighted by Crippen LogP contribution is 2.41. The molecule has 31 heavy (non-hydrogen) atoms. The van der Waals surface area contributed by atoms with E-state index in [9.17, 15) is 0 Å². The lowest BCUT2D eigenvalue weighted by atomic mass is 9.96. The van der Waals surface area contributed by atoms with E-state index in [0.717, 1.165) is 22.6 Å². The Bertz CT molecular complexity index is 1190. The highest BCUT2D eigenvalue weighted by Gasteiger charge is 2.41. The maximum Gasteiger partial charge on any atom is 0.170 e. The molecule has 0 spiro atoms. The summed E-state index contributed by atoms with van der Waals surface area (Å²) in [5.41, 5.74) is 5.43. The zero-order valence-corrected chi connectivity index (χ0v) is 18.1. The Morgan fingerprint density at radius 1 is 1.06 bits per heavy atom. The zero-order valence-electron chi connectivity index (χ0n) is 17.3. The predicted molar refractivity (Wildman–Crippen MR) is 120 cm³/mol. The van der Waals surface area contributed by atoms with Crippen molar-refractivity contribution < 1.29 is 0 Å². The van der Waals surface area contributed by atoms with Crippen molar-refractivity contribution >= 4 is 17.3 Å². The Morgan fingerprint density at radius 3 is 2.61 bits per heavy atom. The van der Waals surface area contributed by atoms with Crippen molar-refractivity contribution in [3.8, 4) is 0 Å². The summed E-state index contributed by atoms with van der Waals surface area (Å²) in [6.07, 6.45) is 8.89. The summed E-state index contributed by atoms with van der Waals surface area (Å²) in [6.45, 7) is 4.85. The summed E-state index contributed by atoms with van der Waals surface area (Å²) in [6, 6.07) is 12.1. The lowest BCUT2D eigenvalue weighted by Crippen LogP contribution is -2.29. The number of aromatic nitrogens is 6. The number of pyridine rings is 2. The van der Waals surface area contributed by atoms with E-state index in [2.05, 4.69) is 61.0 Å². The Balaban J connectivity index is 1.62. The molecule has 1 aliphatic rings. The van der Waals surface area contributed by atoms with E-state index >= 15 is 0 Å². The second kappa shape index (κ2) is 7.92. The molecule has 1 fully saturated rings. The molecular weight excluding hydrogens is 408 g/mol. The molecule has 156 valence electrons. The van der Waals surface area contributed by atoms with Crippen LogP contribution in [0.15, 0.2) is 67.6 Å². The van der Waals surface area contributed by atoms with Crippen LogP contribution >= 0.6 is 12.2 Å². The molecule has 1 N–H and O–H groups in total. The number of aryl methyl sites for hydroxylation is 1. The molecule has 9 heteroatoms. The molecule has 0 aromatic carbocycles. The fourth-order valence-electron chi connectivity index (χ4n) is 4.33. The van der Waals surface area contributed by atoms with Crippen LogP contribution in [0.5, 0.6) is 0 Å². The van der Waals surface area contributed by atoms with Gasteiger partial charge in [0.25, 0.3) is 0 Å². The molecular formula is C22H22N8S. The normalized spacial score (nSPS) is 18.4. The Hall–Kier alpha value is -3.59. The SMILES string of the molecule is Cc1cc([C@@H]2[C@H](c3ccccn3)NC(=S)N2Cc2cccnc2)c(C)n1-n1cnnc1. The van der Waals surface area contributed by atoms with Crippen molar-refractivity contribution in [3.63, 3.8) is 0 Å². The first kappa shape index (κ1) is 19.4. The molecule has 0 aliphatic carbocycles. The van der Waals surface area contributed by atoms with Gasteiger partial charge in [-0.05, 0) is 55.9 Å². The van der Waals surface area contributed by atoms with Gasteiger partial charge < -0.3 is 10.2 Å². The van der Waals surface area contributed by atoms with Crippen molar-refractivity contribution in [1.82, 2.24) is 39.7 Å². The first-order valence-electron chi connectivity index (χ1n) is 10.0. The minimum absolute atomic E-state index is 0.0287. The average Bonchev–Trinajstić information content (AvgIpc) is 3.49. The highest BCUT2D eigenvalue weighted by molar-refractivity contribution is 7.80. The number of nitrogens with zero attached hydrogens (tertiary/aromatic N) is 7. The van der Waals surface area contributed by atoms with Gasteiger partial charge in [0.1, 0.15) is 12.7 Å². The van der Waals surface area contributed by atoms with E-state index in [1.807, 2.05) is 41.3 Å². The summed E-state index contributed by atoms with van der Waals surface area (Å²) in [7, 11) is 0. The lowest BCUT2D eigenvalue weighted by molar-refractivity contribution is 0.309. The van der Waals surface area contributed by atoms with Crippen molar-refractivity contribution in [1.29, 1.82) is 0 Å². The molecule has 1 saturated heterocycles. The second-order valence-corrected chi connectivity index (χ2v) is 7.98. The van der Waals surface area contributed by atoms with E-state index in [4.69, 9.17) is 12.2 Å². The van der Waals surface area contributed by atoms with Gasteiger partial charge >= 0.3 is 0 Å². The number of hydrogen-bond acceptors (Lipinski definition) is 5. The molecule has 5 heterocycles. The first-order valence-corrected chi connectivity index (χ1v) is 10.5. The van der Waals surface area contributed by atoms with Crippen LogP contribution < -0.4 is 5.32 Å². The largest absolute Gasteiger partial charge is 0.352 e. The van der Waals surface area contributed by atoms with Crippen LogP contribution in [0, 0.1) is 13.8 Å². The van der Waals surface area contributed by atoms with Gasteiger partial charge in [-0.2, -0.15) is 0 Å². The van der Waals surface area contributed by atoms with E-state index in [1.165, 1.54) is 5.56 Å². The molecule has 0 radical (unpaired) electrons. The highest BCUT2D eigenvalue weighted by atomic mass is 32.1. The second-order valence-electron chi connectivity index (χ2n) is 7.60. The molecule has 8 nitrogen and oxygen atoms in total. The van der Waals surface area contributed by atoms with Gasteiger partial charge in [0, 0.05) is 42.1 Å². The monoisotopic (exact) mass is 430 g/mol. The summed E-state index contributed by atoms with van der Waals surface area (Å²) >= 11 is 5.79. The van der Waals surface area contributed by atoms with Crippen molar-refractivity contribution in [2.45, 2.75) is 32.5 Å². The number of rotatable bonds is 5. The molecule has 4 aromatic rings. The summed E-state index contributed by atoms with van der Waals surface area (Å²) in [5, 5.41) is 12.1. The molecule has 1 aliphatic heterocycles. The Morgan fingerprint density at radius 2 is 1.90 bits per heavy atom. The molecule has 0 amide bonds. The van der Waals surface area contributed by atoms with Crippen LogP contribution in [-0.2, 0) is 6.54 Å². The van der Waals surface area contributed by atoms with Crippen LogP contribution in [0.3, 0.4) is 0 Å².